The number of anilines is 1. The van der Waals surface area contributed by atoms with Crippen molar-refractivity contribution in [1.82, 2.24) is 0 Å². The number of benzene rings is 2. The van der Waals surface area contributed by atoms with E-state index >= 15 is 0 Å². The lowest BCUT2D eigenvalue weighted by molar-refractivity contribution is -0.376. The van der Waals surface area contributed by atoms with E-state index in [0.717, 1.165) is 19.2 Å². The summed E-state index contributed by atoms with van der Waals surface area (Å²) >= 11 is 0. The molecule has 0 saturated carbocycles. The first-order chi connectivity index (χ1) is 12.6. The standard InChI is InChI=1S/C16H13F6NO3S/c1-23(27(25,26)13-5-3-2-4-6-13)12-9-7-11(8-10-12)14(24,15(17,18)19)16(20,21)22/h2-10,24H,1H3/i2T. The van der Waals surface area contributed by atoms with Gasteiger partial charge in [0.25, 0.3) is 15.6 Å². The van der Waals surface area contributed by atoms with Crippen molar-refractivity contribution in [2.24, 2.45) is 0 Å². The molecule has 0 saturated heterocycles. The van der Waals surface area contributed by atoms with Crippen LogP contribution in [0.3, 0.4) is 0 Å². The number of sulfonamides is 1. The minimum Gasteiger partial charge on any atom is -0.369 e. The number of hydrogen-bond donors (Lipinski definition) is 1. The Kier molecular flexibility index (Phi) is 4.85. The maximum absolute atomic E-state index is 12.9. The van der Waals surface area contributed by atoms with Crippen LogP contribution < -0.4 is 4.31 Å². The van der Waals surface area contributed by atoms with Gasteiger partial charge >= 0.3 is 12.4 Å². The number of aliphatic hydroxyl groups is 1. The molecule has 2 rings (SSSR count). The third-order valence-corrected chi connectivity index (χ3v) is 5.62. The summed E-state index contributed by atoms with van der Waals surface area (Å²) in [5.74, 6) is 0. The van der Waals surface area contributed by atoms with Crippen molar-refractivity contribution in [2.45, 2.75) is 22.8 Å². The van der Waals surface area contributed by atoms with Gasteiger partial charge in [-0.3, -0.25) is 4.31 Å². The van der Waals surface area contributed by atoms with Gasteiger partial charge in [0.2, 0.25) is 0 Å². The molecular weight excluding hydrogens is 400 g/mol. The van der Waals surface area contributed by atoms with Gasteiger partial charge in [0.05, 0.1) is 12.0 Å². The Hall–Kier alpha value is -2.27. The average molecular weight is 415 g/mol. The fourth-order valence-electron chi connectivity index (χ4n) is 2.24. The quantitative estimate of drug-likeness (QED) is 0.773. The first-order valence-electron chi connectivity index (χ1n) is 7.64. The molecule has 0 fully saturated rings. The van der Waals surface area contributed by atoms with Crippen molar-refractivity contribution in [2.75, 3.05) is 11.4 Å². The minimum atomic E-state index is -6.04. The van der Waals surface area contributed by atoms with Crippen molar-refractivity contribution in [3.05, 3.63) is 60.1 Å². The highest BCUT2D eigenvalue weighted by Gasteiger charge is 2.71. The number of alkyl halides is 6. The summed E-state index contributed by atoms with van der Waals surface area (Å²) in [5, 5.41) is 9.35. The fraction of sp³-hybridized carbons (Fsp3) is 0.250. The van der Waals surface area contributed by atoms with Crippen LogP contribution in [-0.4, -0.2) is 32.9 Å². The molecule has 0 heterocycles. The zero-order valence-electron chi connectivity index (χ0n) is 14.5. The van der Waals surface area contributed by atoms with Gasteiger partial charge in [0.1, 0.15) is 0 Å². The van der Waals surface area contributed by atoms with E-state index in [1.807, 2.05) is 0 Å². The second-order valence-corrected chi connectivity index (χ2v) is 7.43. The molecule has 0 aromatic heterocycles. The van der Waals surface area contributed by atoms with E-state index in [2.05, 4.69) is 0 Å². The molecule has 1 N–H and O–H groups in total. The molecule has 0 radical (unpaired) electrons. The zero-order chi connectivity index (χ0) is 21.5. The van der Waals surface area contributed by atoms with E-state index in [-0.39, 0.29) is 16.6 Å². The Bertz CT molecular complexity index is 926. The van der Waals surface area contributed by atoms with Crippen molar-refractivity contribution in [3.8, 4) is 0 Å². The summed E-state index contributed by atoms with van der Waals surface area (Å²) in [5.41, 5.74) is -6.83. The lowest BCUT2D eigenvalue weighted by Gasteiger charge is -2.33. The van der Waals surface area contributed by atoms with Gasteiger partial charge < -0.3 is 5.11 Å². The van der Waals surface area contributed by atoms with Gasteiger partial charge in [0.15, 0.2) is 0 Å². The van der Waals surface area contributed by atoms with E-state index in [1.165, 1.54) is 12.1 Å². The molecule has 0 aliphatic rings. The average Bonchev–Trinajstić information content (AvgIpc) is 2.59. The van der Waals surface area contributed by atoms with Gasteiger partial charge in [-0.15, -0.1) is 0 Å². The van der Waals surface area contributed by atoms with Gasteiger partial charge in [0, 0.05) is 12.6 Å². The highest BCUT2D eigenvalue weighted by Crippen LogP contribution is 2.50. The fourth-order valence-corrected chi connectivity index (χ4v) is 3.44. The van der Waals surface area contributed by atoms with Crippen LogP contribution in [0.25, 0.3) is 0 Å². The summed E-state index contributed by atoms with van der Waals surface area (Å²) in [4.78, 5) is -0.225. The molecule has 2 aromatic carbocycles. The van der Waals surface area contributed by atoms with Crippen LogP contribution in [-0.2, 0) is 15.6 Å². The Morgan fingerprint density at radius 2 is 1.37 bits per heavy atom. The second kappa shape index (κ2) is 6.71. The Morgan fingerprint density at radius 3 is 1.78 bits per heavy atom. The van der Waals surface area contributed by atoms with E-state index in [4.69, 9.17) is 1.37 Å². The summed E-state index contributed by atoms with van der Waals surface area (Å²) in [6, 6.07) is 6.87. The van der Waals surface area contributed by atoms with Gasteiger partial charge in [-0.1, -0.05) is 30.3 Å². The van der Waals surface area contributed by atoms with E-state index in [9.17, 15) is 39.9 Å². The number of rotatable bonds is 4. The summed E-state index contributed by atoms with van der Waals surface area (Å²) in [7, 11) is -3.12. The van der Waals surface area contributed by atoms with Crippen LogP contribution >= 0.6 is 0 Å². The molecule has 0 amide bonds. The number of nitrogens with zero attached hydrogens (tertiary/aromatic N) is 1. The molecule has 0 bridgehead atoms. The maximum atomic E-state index is 12.9. The smallest absolute Gasteiger partial charge is 0.369 e. The van der Waals surface area contributed by atoms with Gasteiger partial charge in [-0.2, -0.15) is 26.3 Å². The Morgan fingerprint density at radius 1 is 0.926 bits per heavy atom. The number of halogens is 6. The third-order valence-electron chi connectivity index (χ3n) is 3.82. The zero-order valence-corrected chi connectivity index (χ0v) is 14.3. The monoisotopic (exact) mass is 415 g/mol. The van der Waals surface area contributed by atoms with Crippen molar-refractivity contribution in [1.29, 1.82) is 0 Å². The van der Waals surface area contributed by atoms with Crippen LogP contribution in [0, 0.1) is 0 Å². The molecule has 27 heavy (non-hydrogen) atoms. The molecule has 148 valence electrons. The highest BCUT2D eigenvalue weighted by atomic mass is 32.2. The van der Waals surface area contributed by atoms with Crippen LogP contribution in [0.5, 0.6) is 0 Å². The predicted molar refractivity (Wildman–Crippen MR) is 84.5 cm³/mol. The topological polar surface area (TPSA) is 57.6 Å². The van der Waals surface area contributed by atoms with E-state index in [1.54, 1.807) is 0 Å². The molecule has 4 nitrogen and oxygen atoms in total. The van der Waals surface area contributed by atoms with Crippen LogP contribution in [0.15, 0.2) is 59.5 Å². The Balaban J connectivity index is 2.45. The Labute approximate surface area is 152 Å². The molecule has 0 aliphatic carbocycles. The SMILES string of the molecule is [3H]c1ccc(S(=O)(=O)N(C)c2ccc(C(O)(C(F)(F)F)C(F)(F)F)cc2)cc1. The first kappa shape index (κ1) is 19.5. The van der Waals surface area contributed by atoms with Gasteiger partial charge in [-0.05, 0) is 24.3 Å². The molecular formula is C16H13F6NO3S. The minimum absolute atomic E-state index is 0.0459. The predicted octanol–water partition coefficient (Wildman–Crippen LogP) is 3.82. The summed E-state index contributed by atoms with van der Waals surface area (Å²) in [6.07, 6.45) is -12.1. The van der Waals surface area contributed by atoms with Crippen LogP contribution in [0.1, 0.15) is 6.93 Å². The highest BCUT2D eigenvalue weighted by molar-refractivity contribution is 7.92. The van der Waals surface area contributed by atoms with Crippen LogP contribution in [0.2, 0.25) is 0 Å². The third kappa shape index (κ3) is 3.61. The summed E-state index contributed by atoms with van der Waals surface area (Å²) in [6.45, 7) is 0. The first-order valence-corrected chi connectivity index (χ1v) is 8.58. The summed E-state index contributed by atoms with van der Waals surface area (Å²) < 4.78 is 110. The normalized spacial score (nSPS) is 14.0. The molecule has 0 aliphatic heterocycles. The van der Waals surface area contributed by atoms with E-state index < -0.39 is 33.5 Å². The lowest BCUT2D eigenvalue weighted by atomic mass is 9.92. The molecule has 2 aromatic rings. The van der Waals surface area contributed by atoms with Crippen LogP contribution in [0.4, 0.5) is 32.0 Å². The lowest BCUT2D eigenvalue weighted by Crippen LogP contribution is -2.53. The van der Waals surface area contributed by atoms with Crippen molar-refractivity contribution >= 4 is 15.7 Å². The second-order valence-electron chi connectivity index (χ2n) is 5.46. The molecule has 0 unspecified atom stereocenters. The van der Waals surface area contributed by atoms with E-state index in [0.29, 0.717) is 28.6 Å². The molecule has 0 atom stereocenters. The molecule has 11 heteroatoms. The molecule has 0 spiro atoms. The number of hydrogen-bond acceptors (Lipinski definition) is 3. The van der Waals surface area contributed by atoms with Gasteiger partial charge in [-0.25, -0.2) is 8.42 Å². The van der Waals surface area contributed by atoms with Crippen molar-refractivity contribution in [3.63, 3.8) is 0 Å². The maximum Gasteiger partial charge on any atom is 0.430 e. The largest absolute Gasteiger partial charge is 0.430 e. The van der Waals surface area contributed by atoms with Crippen molar-refractivity contribution < 1.29 is 41.2 Å².